The summed E-state index contributed by atoms with van der Waals surface area (Å²) in [5.41, 5.74) is 2.72. The van der Waals surface area contributed by atoms with Crippen molar-refractivity contribution in [2.75, 3.05) is 0 Å². The highest BCUT2D eigenvalue weighted by Crippen LogP contribution is 2.33. The van der Waals surface area contributed by atoms with E-state index in [0.29, 0.717) is 5.75 Å². The molecular formula is C17H13NO2S. The monoisotopic (exact) mass is 295 g/mol. The van der Waals surface area contributed by atoms with Crippen molar-refractivity contribution in [1.29, 1.82) is 0 Å². The van der Waals surface area contributed by atoms with Crippen molar-refractivity contribution in [3.63, 3.8) is 0 Å². The zero-order chi connectivity index (χ0) is 14.7. The predicted molar refractivity (Wildman–Crippen MR) is 84.3 cm³/mol. The summed E-state index contributed by atoms with van der Waals surface area (Å²) in [6.45, 7) is 1.40. The highest BCUT2D eigenvalue weighted by Gasteiger charge is 2.12. The molecule has 0 spiro atoms. The van der Waals surface area contributed by atoms with Crippen LogP contribution in [0.3, 0.4) is 0 Å². The molecule has 0 saturated carbocycles. The molecule has 104 valence electrons. The highest BCUT2D eigenvalue weighted by atomic mass is 32.1. The van der Waals surface area contributed by atoms with Crippen LogP contribution in [0, 0.1) is 0 Å². The second kappa shape index (κ2) is 5.89. The van der Waals surface area contributed by atoms with Crippen molar-refractivity contribution in [1.82, 2.24) is 4.98 Å². The fourth-order valence-electron chi connectivity index (χ4n) is 2.03. The molecule has 0 saturated heterocycles. The van der Waals surface area contributed by atoms with Gasteiger partial charge in [0.15, 0.2) is 0 Å². The van der Waals surface area contributed by atoms with E-state index in [9.17, 15) is 4.79 Å². The first-order valence-corrected chi connectivity index (χ1v) is 7.41. The molecule has 0 aliphatic rings. The molecule has 3 rings (SSSR count). The number of esters is 1. The van der Waals surface area contributed by atoms with E-state index in [-0.39, 0.29) is 5.97 Å². The number of nitrogens with zero attached hydrogens (tertiary/aromatic N) is 1. The van der Waals surface area contributed by atoms with Gasteiger partial charge in [-0.05, 0) is 12.1 Å². The minimum absolute atomic E-state index is 0.332. The number of thiazole rings is 1. The maximum absolute atomic E-state index is 11.2. The van der Waals surface area contributed by atoms with Gasteiger partial charge in [0.05, 0.1) is 5.69 Å². The largest absolute Gasteiger partial charge is 0.426 e. The molecule has 0 fully saturated rings. The second-order valence-corrected chi connectivity index (χ2v) is 5.35. The highest BCUT2D eigenvalue weighted by molar-refractivity contribution is 7.13. The Morgan fingerprint density at radius 3 is 2.52 bits per heavy atom. The summed E-state index contributed by atoms with van der Waals surface area (Å²) in [4.78, 5) is 15.8. The van der Waals surface area contributed by atoms with Gasteiger partial charge in [0.1, 0.15) is 10.8 Å². The van der Waals surface area contributed by atoms with E-state index in [1.807, 2.05) is 53.9 Å². The van der Waals surface area contributed by atoms with Crippen LogP contribution in [0.25, 0.3) is 21.8 Å². The summed E-state index contributed by atoms with van der Waals surface area (Å²) in [6.07, 6.45) is 0. The SMILES string of the molecule is CC(=O)Oc1ccccc1-c1csc(-c2ccccc2)n1. The van der Waals surface area contributed by atoms with E-state index < -0.39 is 0 Å². The zero-order valence-electron chi connectivity index (χ0n) is 11.4. The molecule has 3 nitrogen and oxygen atoms in total. The van der Waals surface area contributed by atoms with Gasteiger partial charge in [-0.15, -0.1) is 11.3 Å². The minimum atomic E-state index is -0.332. The molecular weight excluding hydrogens is 282 g/mol. The van der Waals surface area contributed by atoms with E-state index in [2.05, 4.69) is 4.98 Å². The molecule has 0 aliphatic heterocycles. The number of aromatic nitrogens is 1. The molecule has 2 aromatic carbocycles. The average Bonchev–Trinajstić information content (AvgIpc) is 2.98. The van der Waals surface area contributed by atoms with Crippen LogP contribution in [0.1, 0.15) is 6.92 Å². The molecule has 0 unspecified atom stereocenters. The van der Waals surface area contributed by atoms with Gasteiger partial charge >= 0.3 is 5.97 Å². The summed E-state index contributed by atoms with van der Waals surface area (Å²) in [7, 11) is 0. The van der Waals surface area contributed by atoms with E-state index in [1.54, 1.807) is 17.4 Å². The van der Waals surface area contributed by atoms with Crippen LogP contribution < -0.4 is 4.74 Å². The lowest BCUT2D eigenvalue weighted by atomic mass is 10.1. The second-order valence-electron chi connectivity index (χ2n) is 4.49. The van der Waals surface area contributed by atoms with Crippen LogP contribution >= 0.6 is 11.3 Å². The summed E-state index contributed by atoms with van der Waals surface area (Å²) < 4.78 is 5.24. The first kappa shape index (κ1) is 13.5. The number of ether oxygens (including phenoxy) is 1. The van der Waals surface area contributed by atoms with Gasteiger partial charge in [-0.1, -0.05) is 42.5 Å². The van der Waals surface area contributed by atoms with Gasteiger partial charge in [0.2, 0.25) is 0 Å². The fourth-order valence-corrected chi connectivity index (χ4v) is 2.86. The zero-order valence-corrected chi connectivity index (χ0v) is 12.3. The van der Waals surface area contributed by atoms with Gasteiger partial charge in [-0.2, -0.15) is 0 Å². The molecule has 0 amide bonds. The quantitative estimate of drug-likeness (QED) is 0.531. The van der Waals surface area contributed by atoms with Crippen molar-refractivity contribution in [3.8, 4) is 27.6 Å². The minimum Gasteiger partial charge on any atom is -0.426 e. The smallest absolute Gasteiger partial charge is 0.308 e. The van der Waals surface area contributed by atoms with Crippen molar-refractivity contribution in [3.05, 3.63) is 60.0 Å². The van der Waals surface area contributed by atoms with Crippen LogP contribution in [0.4, 0.5) is 0 Å². The Bertz CT molecular complexity index is 765. The van der Waals surface area contributed by atoms with Gasteiger partial charge in [0.25, 0.3) is 0 Å². The van der Waals surface area contributed by atoms with Crippen molar-refractivity contribution < 1.29 is 9.53 Å². The molecule has 0 radical (unpaired) electrons. The molecule has 0 atom stereocenters. The van der Waals surface area contributed by atoms with E-state index in [1.165, 1.54) is 6.92 Å². The molecule has 1 heterocycles. The predicted octanol–water partition coefficient (Wildman–Crippen LogP) is 4.40. The Morgan fingerprint density at radius 1 is 1.05 bits per heavy atom. The lowest BCUT2D eigenvalue weighted by Crippen LogP contribution is -2.02. The van der Waals surface area contributed by atoms with Crippen LogP contribution in [-0.2, 0) is 4.79 Å². The summed E-state index contributed by atoms with van der Waals surface area (Å²) in [5, 5.41) is 2.92. The first-order valence-electron chi connectivity index (χ1n) is 6.53. The number of para-hydroxylation sites is 1. The van der Waals surface area contributed by atoms with Crippen LogP contribution in [0.5, 0.6) is 5.75 Å². The Morgan fingerprint density at radius 2 is 1.76 bits per heavy atom. The van der Waals surface area contributed by atoms with Gasteiger partial charge < -0.3 is 4.74 Å². The fraction of sp³-hybridized carbons (Fsp3) is 0.0588. The lowest BCUT2D eigenvalue weighted by Gasteiger charge is -2.06. The molecule has 1 aromatic heterocycles. The van der Waals surface area contributed by atoms with E-state index in [4.69, 9.17) is 4.74 Å². The Kier molecular flexibility index (Phi) is 3.79. The number of hydrogen-bond acceptors (Lipinski definition) is 4. The van der Waals surface area contributed by atoms with E-state index in [0.717, 1.165) is 21.8 Å². The van der Waals surface area contributed by atoms with Gasteiger partial charge in [0, 0.05) is 23.4 Å². The third-order valence-corrected chi connectivity index (χ3v) is 3.83. The Balaban J connectivity index is 1.99. The standard InChI is InChI=1S/C17H13NO2S/c1-12(19)20-16-10-6-5-9-14(16)15-11-21-17(18-15)13-7-3-2-4-8-13/h2-11H,1H3. The normalized spacial score (nSPS) is 10.3. The average molecular weight is 295 g/mol. The first-order chi connectivity index (χ1) is 10.2. The van der Waals surface area contributed by atoms with Crippen LogP contribution in [0.2, 0.25) is 0 Å². The third kappa shape index (κ3) is 3.01. The summed E-state index contributed by atoms with van der Waals surface area (Å²) >= 11 is 1.57. The van der Waals surface area contributed by atoms with Gasteiger partial charge in [-0.25, -0.2) is 4.98 Å². The Labute approximate surface area is 126 Å². The summed E-state index contributed by atoms with van der Waals surface area (Å²) in [6, 6.07) is 17.4. The molecule has 0 N–H and O–H groups in total. The number of hydrogen-bond donors (Lipinski definition) is 0. The molecule has 0 bridgehead atoms. The number of carbonyl (C=O) groups is 1. The van der Waals surface area contributed by atoms with Crippen LogP contribution in [-0.4, -0.2) is 11.0 Å². The third-order valence-electron chi connectivity index (χ3n) is 2.94. The van der Waals surface area contributed by atoms with Crippen molar-refractivity contribution in [2.45, 2.75) is 6.92 Å². The maximum atomic E-state index is 11.2. The number of benzene rings is 2. The van der Waals surface area contributed by atoms with Crippen LogP contribution in [0.15, 0.2) is 60.0 Å². The molecule has 3 aromatic rings. The number of rotatable bonds is 3. The van der Waals surface area contributed by atoms with E-state index >= 15 is 0 Å². The molecule has 0 aliphatic carbocycles. The number of carbonyl (C=O) groups excluding carboxylic acids is 1. The lowest BCUT2D eigenvalue weighted by molar-refractivity contribution is -0.131. The van der Waals surface area contributed by atoms with Gasteiger partial charge in [-0.3, -0.25) is 4.79 Å². The van der Waals surface area contributed by atoms with Crippen molar-refractivity contribution >= 4 is 17.3 Å². The van der Waals surface area contributed by atoms with Crippen molar-refractivity contribution in [2.24, 2.45) is 0 Å². The molecule has 21 heavy (non-hydrogen) atoms. The Hall–Kier alpha value is -2.46. The topological polar surface area (TPSA) is 39.2 Å². The summed E-state index contributed by atoms with van der Waals surface area (Å²) in [5.74, 6) is 0.205. The molecule has 4 heteroatoms. The maximum Gasteiger partial charge on any atom is 0.308 e.